The normalized spacial score (nSPS) is 27.3. The van der Waals surface area contributed by atoms with Gasteiger partial charge in [-0.3, -0.25) is 19.3 Å². The Kier molecular flexibility index (Phi) is 7.90. The summed E-state index contributed by atoms with van der Waals surface area (Å²) in [5.74, 6) is -11.0. The number of aryl methyl sites for hydroxylation is 1. The van der Waals surface area contributed by atoms with Crippen LogP contribution in [0.3, 0.4) is 0 Å². The molecular formula is C31H31F3N4O9. The van der Waals surface area contributed by atoms with Gasteiger partial charge in [0.2, 0.25) is 5.78 Å². The van der Waals surface area contributed by atoms with Gasteiger partial charge in [0.1, 0.15) is 22.8 Å². The molecule has 0 unspecified atom stereocenters. The summed E-state index contributed by atoms with van der Waals surface area (Å²) in [5.41, 5.74) is -1.56. The number of anilines is 2. The summed E-state index contributed by atoms with van der Waals surface area (Å²) in [6, 6.07) is 3.05. The number of aliphatic hydroxyl groups excluding tert-OH is 3. The summed E-state index contributed by atoms with van der Waals surface area (Å²) in [7, 11) is 2.77. The van der Waals surface area contributed by atoms with Crippen molar-refractivity contribution in [3.63, 3.8) is 0 Å². The van der Waals surface area contributed by atoms with Crippen LogP contribution in [0.4, 0.5) is 29.3 Å². The molecule has 6 atom stereocenters. The Hall–Kier alpha value is -4.93. The minimum Gasteiger partial charge on any atom is -0.508 e. The van der Waals surface area contributed by atoms with Gasteiger partial charge in [-0.2, -0.15) is 13.2 Å². The number of fused-ring (bicyclic) bond motifs is 3. The molecule has 5 rings (SSSR count). The molecule has 0 radical (unpaired) electrons. The van der Waals surface area contributed by atoms with Crippen LogP contribution in [0.1, 0.15) is 35.1 Å². The number of nitrogens with one attached hydrogen (secondary N) is 2. The molecule has 0 heterocycles. The topological polar surface area (TPSA) is 223 Å². The van der Waals surface area contributed by atoms with Crippen LogP contribution in [0.25, 0.3) is 5.76 Å². The first kappa shape index (κ1) is 33.4. The largest absolute Gasteiger partial charge is 0.508 e. The van der Waals surface area contributed by atoms with Crippen molar-refractivity contribution in [2.75, 3.05) is 24.7 Å². The number of ketones is 2. The monoisotopic (exact) mass is 660 g/mol. The van der Waals surface area contributed by atoms with Crippen LogP contribution in [-0.2, 0) is 20.6 Å². The van der Waals surface area contributed by atoms with Crippen molar-refractivity contribution in [1.29, 1.82) is 0 Å². The summed E-state index contributed by atoms with van der Waals surface area (Å²) in [6.07, 6.45) is -6.60. The first-order valence-corrected chi connectivity index (χ1v) is 14.2. The SMILES string of the molecule is Cc1ccc(NC(=O)Nc2ccc3c(c2O)C(O)=C2C(=O)[C@@]4(O)C(O)=C(C(N)=O)C(=O)[C@H](N(C)C)[C@H]4[C@H](O)[C@H]2[C@@H]3C)c(C(F)(F)F)c1. The summed E-state index contributed by atoms with van der Waals surface area (Å²) < 4.78 is 40.7. The molecule has 0 saturated heterocycles. The molecule has 2 aromatic carbocycles. The number of carbonyl (C=O) groups is 4. The van der Waals surface area contributed by atoms with Gasteiger partial charge in [0.05, 0.1) is 40.6 Å². The summed E-state index contributed by atoms with van der Waals surface area (Å²) >= 11 is 0. The van der Waals surface area contributed by atoms with E-state index in [4.69, 9.17) is 5.73 Å². The Labute approximate surface area is 264 Å². The lowest BCUT2D eigenvalue weighted by molar-refractivity contribution is -0.169. The smallest absolute Gasteiger partial charge is 0.418 e. The number of primary amides is 1. The number of alkyl halides is 3. The maximum absolute atomic E-state index is 14.1. The third kappa shape index (κ3) is 4.90. The number of hydrogen-bond acceptors (Lipinski definition) is 10. The predicted molar refractivity (Wildman–Crippen MR) is 159 cm³/mol. The van der Waals surface area contributed by atoms with Crippen LogP contribution < -0.4 is 16.4 Å². The zero-order valence-electron chi connectivity index (χ0n) is 25.3. The third-order valence-corrected chi connectivity index (χ3v) is 9.11. The second-order valence-electron chi connectivity index (χ2n) is 12.1. The number of aliphatic hydroxyl groups is 4. The highest BCUT2D eigenvalue weighted by Crippen LogP contribution is 2.56. The maximum Gasteiger partial charge on any atom is 0.418 e. The number of nitrogens with zero attached hydrogens (tertiary/aromatic N) is 1. The molecule has 3 amide bonds. The zero-order chi connectivity index (χ0) is 35.1. The minimum atomic E-state index is -4.80. The lowest BCUT2D eigenvalue weighted by atomic mass is 9.54. The summed E-state index contributed by atoms with van der Waals surface area (Å²) in [6.45, 7) is 2.96. The van der Waals surface area contributed by atoms with Crippen LogP contribution in [0.15, 0.2) is 47.2 Å². The van der Waals surface area contributed by atoms with E-state index in [9.17, 15) is 57.9 Å². The van der Waals surface area contributed by atoms with E-state index >= 15 is 0 Å². The van der Waals surface area contributed by atoms with Gasteiger partial charge in [-0.1, -0.05) is 24.6 Å². The Morgan fingerprint density at radius 2 is 1.62 bits per heavy atom. The van der Waals surface area contributed by atoms with E-state index in [-0.39, 0.29) is 11.1 Å². The zero-order valence-corrected chi connectivity index (χ0v) is 25.3. The lowest BCUT2D eigenvalue weighted by Gasteiger charge is -2.53. The van der Waals surface area contributed by atoms with E-state index in [0.29, 0.717) is 0 Å². The molecule has 9 N–H and O–H groups in total. The Morgan fingerprint density at radius 1 is 1.02 bits per heavy atom. The molecule has 2 aromatic rings. The molecule has 1 saturated carbocycles. The molecule has 16 heteroatoms. The van der Waals surface area contributed by atoms with Gasteiger partial charge in [-0.05, 0) is 50.7 Å². The fourth-order valence-electron chi connectivity index (χ4n) is 6.99. The number of aromatic hydroxyl groups is 1. The summed E-state index contributed by atoms with van der Waals surface area (Å²) in [4.78, 5) is 53.5. The highest BCUT2D eigenvalue weighted by Gasteiger charge is 2.68. The van der Waals surface area contributed by atoms with E-state index in [2.05, 4.69) is 10.6 Å². The quantitative estimate of drug-likeness (QED) is 0.177. The second kappa shape index (κ2) is 11.1. The Balaban J connectivity index is 1.60. The number of rotatable bonds is 4. The van der Waals surface area contributed by atoms with Gasteiger partial charge in [0.25, 0.3) is 5.91 Å². The minimum absolute atomic E-state index is 0.163. The van der Waals surface area contributed by atoms with Crippen molar-refractivity contribution < 1.29 is 57.9 Å². The van der Waals surface area contributed by atoms with Gasteiger partial charge in [0, 0.05) is 11.5 Å². The number of likely N-dealkylation sites (N-methyl/N-ethyl adjacent to an activating group) is 1. The number of Topliss-reactive ketones (excluding diaryl/α,β-unsaturated/α-hetero) is 2. The second-order valence-corrected chi connectivity index (χ2v) is 12.1. The number of hydrogen-bond donors (Lipinski definition) is 8. The number of carbonyl (C=O) groups excluding carboxylic acids is 4. The Bertz CT molecular complexity index is 1820. The highest BCUT2D eigenvalue weighted by molar-refractivity contribution is 6.24. The van der Waals surface area contributed by atoms with Gasteiger partial charge in [0.15, 0.2) is 11.4 Å². The predicted octanol–water partition coefficient (Wildman–Crippen LogP) is 2.47. The fraction of sp³-hybridized carbons (Fsp3) is 0.355. The van der Waals surface area contributed by atoms with Crippen molar-refractivity contribution in [3.8, 4) is 5.75 Å². The Morgan fingerprint density at radius 3 is 2.19 bits per heavy atom. The van der Waals surface area contributed by atoms with Crippen LogP contribution in [0.2, 0.25) is 0 Å². The molecular weight excluding hydrogens is 629 g/mol. The van der Waals surface area contributed by atoms with Crippen LogP contribution >= 0.6 is 0 Å². The molecule has 0 bridgehead atoms. The molecule has 1 fully saturated rings. The maximum atomic E-state index is 14.1. The molecule has 250 valence electrons. The molecule has 47 heavy (non-hydrogen) atoms. The van der Waals surface area contributed by atoms with Crippen molar-refractivity contribution >= 4 is 40.6 Å². The van der Waals surface area contributed by atoms with Gasteiger partial charge < -0.3 is 41.9 Å². The third-order valence-electron chi connectivity index (χ3n) is 9.11. The molecule has 3 aliphatic rings. The van der Waals surface area contributed by atoms with E-state index < -0.39 is 116 Å². The first-order chi connectivity index (χ1) is 21.7. The first-order valence-electron chi connectivity index (χ1n) is 14.2. The van der Waals surface area contributed by atoms with Crippen LogP contribution in [0.5, 0.6) is 5.75 Å². The van der Waals surface area contributed by atoms with E-state index in [1.807, 2.05) is 0 Å². The number of phenolic OH excluding ortho intramolecular Hbond substituents is 1. The van der Waals surface area contributed by atoms with Crippen LogP contribution in [0, 0.1) is 18.8 Å². The van der Waals surface area contributed by atoms with E-state index in [0.717, 1.165) is 12.1 Å². The molecule has 3 aliphatic carbocycles. The van der Waals surface area contributed by atoms with Crippen LogP contribution in [-0.4, -0.2) is 85.8 Å². The number of nitrogens with two attached hydrogens (primary N) is 1. The number of phenols is 1. The number of amides is 3. The summed E-state index contributed by atoms with van der Waals surface area (Å²) in [5, 5.41) is 61.3. The van der Waals surface area contributed by atoms with Crippen molar-refractivity contribution in [2.45, 2.75) is 43.7 Å². The van der Waals surface area contributed by atoms with Gasteiger partial charge >= 0.3 is 12.2 Å². The van der Waals surface area contributed by atoms with Gasteiger partial charge in [-0.15, -0.1) is 0 Å². The average Bonchev–Trinajstić information content (AvgIpc) is 2.96. The molecule has 0 aromatic heterocycles. The van der Waals surface area contributed by atoms with Crippen molar-refractivity contribution in [3.05, 3.63) is 69.5 Å². The highest BCUT2D eigenvalue weighted by atomic mass is 19.4. The molecule has 0 spiro atoms. The number of halogens is 3. The standard InChI is InChI=1S/C31H31F3N4O9/c1-10-5-7-14(13(9-10)31(32,33)34)36-29(46)37-15-8-6-12-11(2)16-18(23(40)17(12)22(15)39)26(43)30(47)20(24(16)41)21(38(3)4)25(42)19(27(30)44)28(35)45/h5-9,11,16,20-21,24,39-41,44,47H,1-4H3,(H2,35,45)(H2,36,37,46)/t11-,16+,20+,21-,24-,30-/m1/s1. The van der Waals surface area contributed by atoms with E-state index in [1.165, 1.54) is 51.0 Å². The fourth-order valence-corrected chi connectivity index (χ4v) is 6.99. The number of benzene rings is 2. The number of urea groups is 1. The molecule has 13 nitrogen and oxygen atoms in total. The molecule has 0 aliphatic heterocycles. The van der Waals surface area contributed by atoms with Crippen molar-refractivity contribution in [2.24, 2.45) is 17.6 Å². The van der Waals surface area contributed by atoms with Gasteiger partial charge in [-0.25, -0.2) is 4.79 Å². The lowest BCUT2D eigenvalue weighted by Crippen LogP contribution is -2.70. The van der Waals surface area contributed by atoms with E-state index in [1.54, 1.807) is 0 Å². The van der Waals surface area contributed by atoms with Crippen molar-refractivity contribution in [1.82, 2.24) is 4.90 Å². The average molecular weight is 661 g/mol.